The van der Waals surface area contributed by atoms with Crippen molar-refractivity contribution in [1.82, 2.24) is 15.5 Å². The number of guanidine groups is 1. The van der Waals surface area contributed by atoms with Crippen molar-refractivity contribution in [1.29, 1.82) is 0 Å². The third kappa shape index (κ3) is 8.56. The summed E-state index contributed by atoms with van der Waals surface area (Å²) in [6, 6.07) is 6.92. The zero-order chi connectivity index (χ0) is 19.4. The van der Waals surface area contributed by atoms with Crippen LogP contribution in [-0.4, -0.2) is 57.2 Å². The highest BCUT2D eigenvalue weighted by atomic mass is 16.5. The van der Waals surface area contributed by atoms with E-state index in [4.69, 9.17) is 9.73 Å². The second kappa shape index (κ2) is 12.6. The smallest absolute Gasteiger partial charge is 0.191 e. The SMILES string of the molecule is CCNC(=NCCCCN(C)C(C)C)NCCc1cc(C)ccc1OC. The van der Waals surface area contributed by atoms with Crippen molar-refractivity contribution in [3.63, 3.8) is 0 Å². The molecular weight excluding hydrogens is 324 g/mol. The van der Waals surface area contributed by atoms with Gasteiger partial charge < -0.3 is 20.3 Å². The number of methoxy groups -OCH3 is 1. The number of rotatable bonds is 11. The Kier molecular flexibility index (Phi) is 10.8. The maximum Gasteiger partial charge on any atom is 0.191 e. The average Bonchev–Trinajstić information content (AvgIpc) is 2.61. The topological polar surface area (TPSA) is 48.9 Å². The van der Waals surface area contributed by atoms with E-state index in [1.165, 1.54) is 17.5 Å². The van der Waals surface area contributed by atoms with Crippen LogP contribution in [0.5, 0.6) is 5.75 Å². The van der Waals surface area contributed by atoms with Gasteiger partial charge in [0, 0.05) is 25.7 Å². The average molecular weight is 363 g/mol. The van der Waals surface area contributed by atoms with E-state index in [9.17, 15) is 0 Å². The molecule has 0 aliphatic carbocycles. The molecule has 0 amide bonds. The van der Waals surface area contributed by atoms with Gasteiger partial charge in [0.2, 0.25) is 0 Å². The molecule has 2 N–H and O–H groups in total. The number of nitrogens with zero attached hydrogens (tertiary/aromatic N) is 2. The lowest BCUT2D eigenvalue weighted by molar-refractivity contribution is 0.269. The minimum atomic E-state index is 0.608. The van der Waals surface area contributed by atoms with Crippen molar-refractivity contribution in [3.05, 3.63) is 29.3 Å². The molecule has 0 radical (unpaired) electrons. The molecule has 148 valence electrons. The number of nitrogens with one attached hydrogen (secondary N) is 2. The number of unbranched alkanes of at least 4 members (excludes halogenated alkanes) is 1. The van der Waals surface area contributed by atoms with Gasteiger partial charge in [0.25, 0.3) is 0 Å². The fourth-order valence-electron chi connectivity index (χ4n) is 2.68. The van der Waals surface area contributed by atoms with E-state index in [0.29, 0.717) is 6.04 Å². The van der Waals surface area contributed by atoms with Gasteiger partial charge in [-0.1, -0.05) is 17.7 Å². The third-order valence-corrected chi connectivity index (χ3v) is 4.54. The molecule has 0 aromatic heterocycles. The Labute approximate surface area is 160 Å². The molecule has 1 aromatic rings. The van der Waals surface area contributed by atoms with Gasteiger partial charge >= 0.3 is 0 Å². The second-order valence-electron chi connectivity index (χ2n) is 7.03. The van der Waals surface area contributed by atoms with E-state index in [1.807, 2.05) is 6.07 Å². The normalized spacial score (nSPS) is 11.9. The molecule has 0 atom stereocenters. The molecule has 0 saturated carbocycles. The van der Waals surface area contributed by atoms with Crippen LogP contribution in [0.15, 0.2) is 23.2 Å². The van der Waals surface area contributed by atoms with E-state index in [-0.39, 0.29) is 0 Å². The largest absolute Gasteiger partial charge is 0.496 e. The Balaban J connectivity index is 2.41. The van der Waals surface area contributed by atoms with Crippen LogP contribution >= 0.6 is 0 Å². The van der Waals surface area contributed by atoms with Crippen LogP contribution in [0.4, 0.5) is 0 Å². The van der Waals surface area contributed by atoms with Gasteiger partial charge in [-0.2, -0.15) is 0 Å². The summed E-state index contributed by atoms with van der Waals surface area (Å²) in [5, 5.41) is 6.75. The van der Waals surface area contributed by atoms with Gasteiger partial charge in [0.15, 0.2) is 5.96 Å². The first-order valence-corrected chi connectivity index (χ1v) is 9.83. The molecule has 0 fully saturated rings. The molecule has 1 aromatic carbocycles. The zero-order valence-electron chi connectivity index (χ0n) is 17.6. The maximum absolute atomic E-state index is 5.46. The van der Waals surface area contributed by atoms with Crippen LogP contribution in [0.1, 0.15) is 44.7 Å². The minimum absolute atomic E-state index is 0.608. The predicted molar refractivity (Wildman–Crippen MR) is 112 cm³/mol. The summed E-state index contributed by atoms with van der Waals surface area (Å²) >= 11 is 0. The van der Waals surface area contributed by atoms with E-state index >= 15 is 0 Å². The molecule has 0 aliphatic rings. The molecular formula is C21H38N4O. The molecule has 0 bridgehead atoms. The Hall–Kier alpha value is -1.75. The van der Waals surface area contributed by atoms with Crippen molar-refractivity contribution in [3.8, 4) is 5.75 Å². The van der Waals surface area contributed by atoms with Crippen molar-refractivity contribution >= 4 is 5.96 Å². The summed E-state index contributed by atoms with van der Waals surface area (Å²) < 4.78 is 5.46. The quantitative estimate of drug-likeness (QED) is 0.360. The highest BCUT2D eigenvalue weighted by Crippen LogP contribution is 2.19. The van der Waals surface area contributed by atoms with Crippen LogP contribution in [-0.2, 0) is 6.42 Å². The maximum atomic E-state index is 5.46. The van der Waals surface area contributed by atoms with Crippen LogP contribution in [0.2, 0.25) is 0 Å². The fourth-order valence-corrected chi connectivity index (χ4v) is 2.68. The Morgan fingerprint density at radius 3 is 2.65 bits per heavy atom. The number of aryl methyl sites for hydroxylation is 1. The van der Waals surface area contributed by atoms with Crippen molar-refractivity contribution in [2.24, 2.45) is 4.99 Å². The molecule has 5 heteroatoms. The fraction of sp³-hybridized carbons (Fsp3) is 0.667. The van der Waals surface area contributed by atoms with Crippen LogP contribution in [0.3, 0.4) is 0 Å². The first kappa shape index (κ1) is 22.3. The molecule has 0 spiro atoms. The third-order valence-electron chi connectivity index (χ3n) is 4.54. The number of aliphatic imine (C=N–C) groups is 1. The van der Waals surface area contributed by atoms with Gasteiger partial charge in [-0.05, 0) is 72.2 Å². The first-order valence-electron chi connectivity index (χ1n) is 9.83. The monoisotopic (exact) mass is 362 g/mol. The zero-order valence-corrected chi connectivity index (χ0v) is 17.6. The van der Waals surface area contributed by atoms with Crippen molar-refractivity contribution in [2.45, 2.75) is 53.0 Å². The summed E-state index contributed by atoms with van der Waals surface area (Å²) in [6.07, 6.45) is 3.20. The number of benzene rings is 1. The van der Waals surface area contributed by atoms with Gasteiger partial charge in [-0.15, -0.1) is 0 Å². The Morgan fingerprint density at radius 1 is 1.23 bits per heavy atom. The Bertz CT molecular complexity index is 543. The lowest BCUT2D eigenvalue weighted by Gasteiger charge is -2.20. The van der Waals surface area contributed by atoms with Gasteiger partial charge in [0.1, 0.15) is 5.75 Å². The molecule has 5 nitrogen and oxygen atoms in total. The summed E-state index contributed by atoms with van der Waals surface area (Å²) in [7, 11) is 3.91. The number of hydrogen-bond donors (Lipinski definition) is 2. The molecule has 0 heterocycles. The van der Waals surface area contributed by atoms with Crippen molar-refractivity contribution < 1.29 is 4.74 Å². The van der Waals surface area contributed by atoms with Crippen LogP contribution in [0.25, 0.3) is 0 Å². The molecule has 0 saturated heterocycles. The van der Waals surface area contributed by atoms with Gasteiger partial charge in [-0.25, -0.2) is 0 Å². The second-order valence-corrected chi connectivity index (χ2v) is 7.03. The lowest BCUT2D eigenvalue weighted by Crippen LogP contribution is -2.38. The van der Waals surface area contributed by atoms with Gasteiger partial charge in [-0.3, -0.25) is 4.99 Å². The highest BCUT2D eigenvalue weighted by Gasteiger charge is 2.05. The minimum Gasteiger partial charge on any atom is -0.496 e. The summed E-state index contributed by atoms with van der Waals surface area (Å²) in [6.45, 7) is 12.4. The molecule has 0 unspecified atom stereocenters. The lowest BCUT2D eigenvalue weighted by atomic mass is 10.1. The van der Waals surface area contributed by atoms with Crippen LogP contribution < -0.4 is 15.4 Å². The van der Waals surface area contributed by atoms with Gasteiger partial charge in [0.05, 0.1) is 7.11 Å². The molecule has 1 rings (SSSR count). The highest BCUT2D eigenvalue weighted by molar-refractivity contribution is 5.79. The standard InChI is InChI=1S/C21H38N4O/c1-7-22-21(23-13-8-9-15-25(5)17(2)3)24-14-12-19-16-18(4)10-11-20(19)26-6/h10-11,16-17H,7-9,12-15H2,1-6H3,(H2,22,23,24). The Morgan fingerprint density at radius 2 is 2.00 bits per heavy atom. The summed E-state index contributed by atoms with van der Waals surface area (Å²) in [5.74, 6) is 1.85. The number of hydrogen-bond acceptors (Lipinski definition) is 3. The van der Waals surface area contributed by atoms with E-state index in [1.54, 1.807) is 7.11 Å². The summed E-state index contributed by atoms with van der Waals surface area (Å²) in [5.41, 5.74) is 2.49. The van der Waals surface area contributed by atoms with E-state index in [0.717, 1.165) is 50.7 Å². The van der Waals surface area contributed by atoms with E-state index in [2.05, 4.69) is 62.4 Å². The first-order chi connectivity index (χ1) is 12.5. The molecule has 0 aliphatic heterocycles. The number of ether oxygens (including phenoxy) is 1. The van der Waals surface area contributed by atoms with Crippen LogP contribution in [0, 0.1) is 6.92 Å². The van der Waals surface area contributed by atoms with Crippen molar-refractivity contribution in [2.75, 3.05) is 40.3 Å². The molecule has 26 heavy (non-hydrogen) atoms. The predicted octanol–water partition coefficient (Wildman–Crippen LogP) is 3.22. The summed E-state index contributed by atoms with van der Waals surface area (Å²) in [4.78, 5) is 7.07. The van der Waals surface area contributed by atoms with E-state index < -0.39 is 0 Å².